The number of aliphatic imine (C=N–C) groups is 1. The number of unbranched alkanes of at least 4 members (excludes halogenated alkanes) is 4. The Kier molecular flexibility index (Phi) is 19.1. The first-order valence-corrected chi connectivity index (χ1v) is 12.8. The van der Waals surface area contributed by atoms with Crippen molar-refractivity contribution in [3.8, 4) is 0 Å². The SMILES string of the molecule is CCCCCC(CCCC)N[C@@H](CCCNC(N)=NC)C(=O)C(CCC)CCCC. The van der Waals surface area contributed by atoms with Crippen LogP contribution in [0, 0.1) is 5.92 Å². The molecule has 0 aliphatic rings. The Morgan fingerprint density at radius 2 is 1.43 bits per heavy atom. The molecular formula is C25H52N4O. The highest BCUT2D eigenvalue weighted by atomic mass is 16.1. The highest BCUT2D eigenvalue weighted by Crippen LogP contribution is 2.21. The first-order valence-electron chi connectivity index (χ1n) is 12.8. The molecule has 0 heterocycles. The summed E-state index contributed by atoms with van der Waals surface area (Å²) in [7, 11) is 1.69. The highest BCUT2D eigenvalue weighted by Gasteiger charge is 2.27. The predicted octanol–water partition coefficient (Wildman–Crippen LogP) is 5.57. The van der Waals surface area contributed by atoms with Crippen LogP contribution in [0.2, 0.25) is 0 Å². The van der Waals surface area contributed by atoms with Gasteiger partial charge in [-0.15, -0.1) is 0 Å². The average Bonchev–Trinajstić information content (AvgIpc) is 2.75. The smallest absolute Gasteiger partial charge is 0.188 e. The fraction of sp³-hybridized carbons (Fsp3) is 0.920. The van der Waals surface area contributed by atoms with E-state index in [-0.39, 0.29) is 12.0 Å². The first kappa shape index (κ1) is 28.9. The Bertz CT molecular complexity index is 439. The summed E-state index contributed by atoms with van der Waals surface area (Å²) in [5.74, 6) is 1.11. The van der Waals surface area contributed by atoms with Gasteiger partial charge in [0.1, 0.15) is 0 Å². The number of ketones is 1. The number of hydrogen-bond donors (Lipinski definition) is 3. The third-order valence-electron chi connectivity index (χ3n) is 6.00. The maximum absolute atomic E-state index is 13.5. The number of hydrogen-bond acceptors (Lipinski definition) is 3. The third kappa shape index (κ3) is 14.0. The van der Waals surface area contributed by atoms with Crippen LogP contribution in [0.3, 0.4) is 0 Å². The van der Waals surface area contributed by atoms with E-state index in [1.54, 1.807) is 7.05 Å². The fourth-order valence-corrected chi connectivity index (χ4v) is 4.11. The molecule has 30 heavy (non-hydrogen) atoms. The molecule has 3 atom stereocenters. The molecule has 4 N–H and O–H groups in total. The summed E-state index contributed by atoms with van der Waals surface area (Å²) >= 11 is 0. The van der Waals surface area contributed by atoms with Gasteiger partial charge < -0.3 is 16.4 Å². The van der Waals surface area contributed by atoms with Crippen molar-refractivity contribution < 1.29 is 4.79 Å². The van der Waals surface area contributed by atoms with Gasteiger partial charge in [0.05, 0.1) is 6.04 Å². The number of nitrogens with zero attached hydrogens (tertiary/aromatic N) is 1. The molecule has 2 unspecified atom stereocenters. The van der Waals surface area contributed by atoms with E-state index in [4.69, 9.17) is 5.73 Å². The molecule has 0 aromatic heterocycles. The van der Waals surface area contributed by atoms with E-state index in [9.17, 15) is 4.79 Å². The van der Waals surface area contributed by atoms with E-state index in [2.05, 4.69) is 43.3 Å². The minimum absolute atomic E-state index is 0.0384. The predicted molar refractivity (Wildman–Crippen MR) is 132 cm³/mol. The molecular weight excluding hydrogens is 372 g/mol. The number of rotatable bonds is 20. The van der Waals surface area contributed by atoms with Gasteiger partial charge in [-0.1, -0.05) is 79.1 Å². The molecule has 0 spiro atoms. The van der Waals surface area contributed by atoms with E-state index in [0.29, 0.717) is 17.8 Å². The Labute approximate surface area is 187 Å². The number of nitrogens with one attached hydrogen (secondary N) is 2. The van der Waals surface area contributed by atoms with E-state index in [0.717, 1.165) is 51.5 Å². The van der Waals surface area contributed by atoms with Gasteiger partial charge in [-0.3, -0.25) is 9.79 Å². The van der Waals surface area contributed by atoms with E-state index in [1.165, 1.54) is 44.9 Å². The van der Waals surface area contributed by atoms with Crippen LogP contribution in [0.15, 0.2) is 4.99 Å². The maximum Gasteiger partial charge on any atom is 0.188 e. The van der Waals surface area contributed by atoms with E-state index >= 15 is 0 Å². The molecule has 0 aliphatic carbocycles. The number of nitrogens with two attached hydrogens (primary N) is 1. The van der Waals surface area contributed by atoms with Gasteiger partial charge in [0.2, 0.25) is 0 Å². The van der Waals surface area contributed by atoms with Crippen LogP contribution in [0.1, 0.15) is 118 Å². The molecule has 0 aliphatic heterocycles. The molecule has 0 bridgehead atoms. The van der Waals surface area contributed by atoms with Crippen LogP contribution in [0.4, 0.5) is 0 Å². The van der Waals surface area contributed by atoms with Crippen molar-refractivity contribution in [2.45, 2.75) is 130 Å². The fourth-order valence-electron chi connectivity index (χ4n) is 4.11. The molecule has 0 saturated heterocycles. The van der Waals surface area contributed by atoms with E-state index < -0.39 is 0 Å². The van der Waals surface area contributed by atoms with Crippen molar-refractivity contribution in [3.05, 3.63) is 0 Å². The molecule has 0 aromatic rings. The quantitative estimate of drug-likeness (QED) is 0.135. The van der Waals surface area contributed by atoms with Crippen LogP contribution in [-0.2, 0) is 4.79 Å². The molecule has 0 rings (SSSR count). The molecule has 0 radical (unpaired) electrons. The van der Waals surface area contributed by atoms with Gasteiger partial charge in [0, 0.05) is 25.6 Å². The molecule has 0 fully saturated rings. The van der Waals surface area contributed by atoms with Crippen molar-refractivity contribution in [3.63, 3.8) is 0 Å². The van der Waals surface area contributed by atoms with Gasteiger partial charge >= 0.3 is 0 Å². The van der Waals surface area contributed by atoms with Gasteiger partial charge in [-0.25, -0.2) is 0 Å². The molecule has 5 heteroatoms. The second-order valence-electron chi connectivity index (χ2n) is 8.76. The van der Waals surface area contributed by atoms with Crippen LogP contribution in [0.25, 0.3) is 0 Å². The normalized spacial score (nSPS) is 15.0. The number of guanidine groups is 1. The minimum atomic E-state index is -0.0384. The number of carbonyl (C=O) groups excluding carboxylic acids is 1. The summed E-state index contributed by atoms with van der Waals surface area (Å²) in [5.41, 5.74) is 5.75. The van der Waals surface area contributed by atoms with Crippen molar-refractivity contribution in [2.75, 3.05) is 13.6 Å². The molecule has 5 nitrogen and oxygen atoms in total. The van der Waals surface area contributed by atoms with Crippen molar-refractivity contribution in [1.82, 2.24) is 10.6 Å². The lowest BCUT2D eigenvalue weighted by Gasteiger charge is -2.28. The first-order chi connectivity index (χ1) is 14.5. The lowest BCUT2D eigenvalue weighted by Crippen LogP contribution is -2.46. The Morgan fingerprint density at radius 1 is 0.800 bits per heavy atom. The number of Topliss-reactive ketones (excluding diaryl/α,β-unsaturated/α-hetero) is 1. The van der Waals surface area contributed by atoms with Gasteiger partial charge in [0.25, 0.3) is 0 Å². The average molecular weight is 425 g/mol. The van der Waals surface area contributed by atoms with Crippen LogP contribution in [-0.4, -0.2) is 37.4 Å². The summed E-state index contributed by atoms with van der Waals surface area (Å²) in [6, 6.07) is 0.414. The minimum Gasteiger partial charge on any atom is -0.370 e. The second kappa shape index (κ2) is 19.8. The Morgan fingerprint density at radius 3 is 2.03 bits per heavy atom. The molecule has 178 valence electrons. The standard InChI is InChI=1S/C25H52N4O/c1-6-10-13-18-22(17-12-8-3)29-23(19-14-20-28-25(26)27-5)24(30)21(15-9-4)16-11-7-2/h21-23,29H,6-20H2,1-5H3,(H3,26,27,28)/t21?,22?,23-/m0/s1. The Hall–Kier alpha value is -1.10. The van der Waals surface area contributed by atoms with Crippen molar-refractivity contribution >= 4 is 11.7 Å². The monoisotopic (exact) mass is 424 g/mol. The number of carbonyl (C=O) groups is 1. The van der Waals surface area contributed by atoms with Crippen molar-refractivity contribution in [1.29, 1.82) is 0 Å². The topological polar surface area (TPSA) is 79.5 Å². The maximum atomic E-state index is 13.5. The summed E-state index contributed by atoms with van der Waals surface area (Å²) in [5, 5.41) is 6.96. The summed E-state index contributed by atoms with van der Waals surface area (Å²) < 4.78 is 0. The van der Waals surface area contributed by atoms with Crippen molar-refractivity contribution in [2.24, 2.45) is 16.6 Å². The van der Waals surface area contributed by atoms with Gasteiger partial charge in [-0.2, -0.15) is 0 Å². The molecule has 0 aromatic carbocycles. The summed E-state index contributed by atoms with van der Waals surface area (Å²) in [6.07, 6.45) is 15.8. The van der Waals surface area contributed by atoms with Crippen LogP contribution < -0.4 is 16.4 Å². The molecule has 0 saturated carbocycles. The van der Waals surface area contributed by atoms with Gasteiger partial charge in [-0.05, 0) is 38.5 Å². The third-order valence-corrected chi connectivity index (χ3v) is 6.00. The largest absolute Gasteiger partial charge is 0.370 e. The van der Waals surface area contributed by atoms with E-state index in [1.807, 2.05) is 0 Å². The zero-order valence-electron chi connectivity index (χ0n) is 20.8. The highest BCUT2D eigenvalue weighted by molar-refractivity contribution is 5.86. The second-order valence-corrected chi connectivity index (χ2v) is 8.76. The summed E-state index contributed by atoms with van der Waals surface area (Å²) in [4.78, 5) is 17.5. The van der Waals surface area contributed by atoms with Gasteiger partial charge in [0.15, 0.2) is 11.7 Å². The lowest BCUT2D eigenvalue weighted by molar-refractivity contribution is -0.125. The summed E-state index contributed by atoms with van der Waals surface area (Å²) in [6.45, 7) is 9.67. The van der Waals surface area contributed by atoms with Crippen LogP contribution >= 0.6 is 0 Å². The Balaban J connectivity index is 5.15. The molecule has 0 amide bonds. The van der Waals surface area contributed by atoms with Crippen LogP contribution in [0.5, 0.6) is 0 Å². The lowest BCUT2D eigenvalue weighted by atomic mass is 9.87. The zero-order valence-corrected chi connectivity index (χ0v) is 20.8. The zero-order chi connectivity index (χ0) is 22.6.